The summed E-state index contributed by atoms with van der Waals surface area (Å²) in [7, 11) is 1.78. The first-order valence-electron chi connectivity index (χ1n) is 6.49. The van der Waals surface area contributed by atoms with Crippen molar-refractivity contribution in [2.24, 2.45) is 12.5 Å². The van der Waals surface area contributed by atoms with E-state index in [2.05, 4.69) is 10.3 Å². The average Bonchev–Trinajstić information content (AvgIpc) is 2.34. The highest BCUT2D eigenvalue weighted by molar-refractivity contribution is 5.94. The molecule has 106 valence electrons. The van der Waals surface area contributed by atoms with E-state index in [-0.39, 0.29) is 17.4 Å². The predicted molar refractivity (Wildman–Crippen MR) is 79.8 cm³/mol. The Kier molecular flexibility index (Phi) is 3.38. The SMILES string of the molecule is Cc1ccc2c(c1)c(=O)nc(NC(=O)C(C)(C)C)n2C. The first kappa shape index (κ1) is 14.2. The van der Waals surface area contributed by atoms with Gasteiger partial charge in [-0.25, -0.2) is 0 Å². The molecule has 20 heavy (non-hydrogen) atoms. The quantitative estimate of drug-likeness (QED) is 0.866. The molecule has 0 radical (unpaired) electrons. The third kappa shape index (κ3) is 2.57. The van der Waals surface area contributed by atoms with Crippen molar-refractivity contribution in [1.82, 2.24) is 9.55 Å². The number of anilines is 1. The summed E-state index contributed by atoms with van der Waals surface area (Å²) in [6.45, 7) is 7.36. The van der Waals surface area contributed by atoms with Gasteiger partial charge in [0.05, 0.1) is 10.9 Å². The number of amides is 1. The highest BCUT2D eigenvalue weighted by Gasteiger charge is 2.22. The fraction of sp³-hybridized carbons (Fsp3) is 0.400. The molecule has 0 fully saturated rings. The van der Waals surface area contributed by atoms with Gasteiger partial charge in [0.2, 0.25) is 11.9 Å². The fourth-order valence-corrected chi connectivity index (χ4v) is 1.86. The van der Waals surface area contributed by atoms with E-state index < -0.39 is 5.41 Å². The van der Waals surface area contributed by atoms with E-state index in [1.54, 1.807) is 17.7 Å². The van der Waals surface area contributed by atoms with Crippen molar-refractivity contribution in [3.63, 3.8) is 0 Å². The van der Waals surface area contributed by atoms with Gasteiger partial charge in [-0.3, -0.25) is 14.9 Å². The number of hydrogen-bond acceptors (Lipinski definition) is 3. The molecule has 1 heterocycles. The van der Waals surface area contributed by atoms with E-state index in [1.807, 2.05) is 39.8 Å². The van der Waals surface area contributed by atoms with Gasteiger partial charge in [0.1, 0.15) is 0 Å². The molecule has 0 atom stereocenters. The third-order valence-corrected chi connectivity index (χ3v) is 3.18. The molecule has 0 bridgehead atoms. The lowest BCUT2D eigenvalue weighted by Gasteiger charge is -2.19. The van der Waals surface area contributed by atoms with Crippen LogP contribution in [0.25, 0.3) is 10.9 Å². The molecular formula is C15H19N3O2. The highest BCUT2D eigenvalue weighted by atomic mass is 16.2. The Morgan fingerprint density at radius 3 is 2.55 bits per heavy atom. The summed E-state index contributed by atoms with van der Waals surface area (Å²) in [6.07, 6.45) is 0. The van der Waals surface area contributed by atoms with Gasteiger partial charge in [0.15, 0.2) is 0 Å². The molecule has 2 aromatic rings. The molecule has 0 aliphatic heterocycles. The maximum atomic E-state index is 12.1. The number of nitrogens with one attached hydrogen (secondary N) is 1. The minimum atomic E-state index is -0.542. The van der Waals surface area contributed by atoms with Crippen molar-refractivity contribution in [2.75, 3.05) is 5.32 Å². The lowest BCUT2D eigenvalue weighted by molar-refractivity contribution is -0.123. The van der Waals surface area contributed by atoms with Gasteiger partial charge in [0.25, 0.3) is 5.56 Å². The second kappa shape index (κ2) is 4.74. The van der Waals surface area contributed by atoms with Gasteiger partial charge in [-0.05, 0) is 19.1 Å². The van der Waals surface area contributed by atoms with E-state index in [9.17, 15) is 9.59 Å². The molecule has 0 unspecified atom stereocenters. The summed E-state index contributed by atoms with van der Waals surface area (Å²) in [6, 6.07) is 5.59. The predicted octanol–water partition coefficient (Wildman–Crippen LogP) is 2.23. The van der Waals surface area contributed by atoms with Crippen molar-refractivity contribution < 1.29 is 4.79 Å². The van der Waals surface area contributed by atoms with Crippen LogP contribution in [0.4, 0.5) is 5.95 Å². The lowest BCUT2D eigenvalue weighted by atomic mass is 9.96. The molecule has 2 rings (SSSR count). The maximum absolute atomic E-state index is 12.1. The Morgan fingerprint density at radius 2 is 1.95 bits per heavy atom. The zero-order valence-electron chi connectivity index (χ0n) is 12.4. The topological polar surface area (TPSA) is 64.0 Å². The van der Waals surface area contributed by atoms with E-state index in [4.69, 9.17) is 0 Å². The Hall–Kier alpha value is -2.17. The van der Waals surface area contributed by atoms with E-state index >= 15 is 0 Å². The van der Waals surface area contributed by atoms with Gasteiger partial charge in [0, 0.05) is 12.5 Å². The molecule has 0 aliphatic rings. The Morgan fingerprint density at radius 1 is 1.30 bits per heavy atom. The molecule has 0 spiro atoms. The Balaban J connectivity index is 2.57. The molecule has 1 N–H and O–H groups in total. The Bertz CT molecular complexity index is 739. The largest absolute Gasteiger partial charge is 0.314 e. The zero-order valence-corrected chi connectivity index (χ0v) is 12.4. The summed E-state index contributed by atoms with van der Waals surface area (Å²) in [5.41, 5.74) is 0.883. The average molecular weight is 273 g/mol. The van der Waals surface area contributed by atoms with Crippen LogP contribution >= 0.6 is 0 Å². The van der Waals surface area contributed by atoms with Crippen LogP contribution in [0.3, 0.4) is 0 Å². The van der Waals surface area contributed by atoms with Crippen LogP contribution in [-0.4, -0.2) is 15.5 Å². The number of aromatic nitrogens is 2. The minimum absolute atomic E-state index is 0.175. The van der Waals surface area contributed by atoms with Crippen molar-refractivity contribution in [2.45, 2.75) is 27.7 Å². The summed E-state index contributed by atoms with van der Waals surface area (Å²) < 4.78 is 1.72. The summed E-state index contributed by atoms with van der Waals surface area (Å²) in [5.74, 6) is 0.0951. The van der Waals surface area contributed by atoms with Gasteiger partial charge in [-0.15, -0.1) is 0 Å². The molecule has 0 saturated carbocycles. The first-order chi connectivity index (χ1) is 9.20. The van der Waals surface area contributed by atoms with Crippen molar-refractivity contribution >= 4 is 22.8 Å². The van der Waals surface area contributed by atoms with Crippen LogP contribution in [0, 0.1) is 12.3 Å². The van der Waals surface area contributed by atoms with E-state index in [1.165, 1.54) is 0 Å². The molecule has 1 amide bonds. The van der Waals surface area contributed by atoms with Crippen molar-refractivity contribution in [3.8, 4) is 0 Å². The molecule has 1 aromatic heterocycles. The van der Waals surface area contributed by atoms with E-state index in [0.29, 0.717) is 5.39 Å². The highest BCUT2D eigenvalue weighted by Crippen LogP contribution is 2.18. The van der Waals surface area contributed by atoms with Crippen LogP contribution < -0.4 is 10.9 Å². The zero-order chi connectivity index (χ0) is 15.1. The number of aryl methyl sites for hydroxylation is 2. The number of hydrogen-bond donors (Lipinski definition) is 1. The third-order valence-electron chi connectivity index (χ3n) is 3.18. The van der Waals surface area contributed by atoms with Crippen LogP contribution in [0.1, 0.15) is 26.3 Å². The summed E-state index contributed by atoms with van der Waals surface area (Å²) in [5, 5.41) is 3.27. The number of carbonyl (C=O) groups is 1. The summed E-state index contributed by atoms with van der Waals surface area (Å²) >= 11 is 0. The molecule has 1 aromatic carbocycles. The normalized spacial score (nSPS) is 11.7. The number of rotatable bonds is 1. The standard InChI is InChI=1S/C15H19N3O2/c1-9-6-7-11-10(8-9)12(19)16-14(18(11)5)17-13(20)15(2,3)4/h6-8H,1-5H3,(H,16,17,19,20). The second-order valence-electron chi connectivity index (χ2n) is 6.02. The Labute approximate surface area is 117 Å². The number of fused-ring (bicyclic) bond motifs is 1. The van der Waals surface area contributed by atoms with E-state index in [0.717, 1.165) is 11.1 Å². The van der Waals surface area contributed by atoms with Crippen LogP contribution in [0.2, 0.25) is 0 Å². The van der Waals surface area contributed by atoms with Crippen LogP contribution in [-0.2, 0) is 11.8 Å². The van der Waals surface area contributed by atoms with Crippen molar-refractivity contribution in [3.05, 3.63) is 34.1 Å². The first-order valence-corrected chi connectivity index (χ1v) is 6.49. The summed E-state index contributed by atoms with van der Waals surface area (Å²) in [4.78, 5) is 28.1. The number of benzene rings is 1. The van der Waals surface area contributed by atoms with Gasteiger partial charge in [-0.1, -0.05) is 32.4 Å². The molecule has 0 saturated heterocycles. The second-order valence-corrected chi connectivity index (χ2v) is 6.02. The fourth-order valence-electron chi connectivity index (χ4n) is 1.86. The molecular weight excluding hydrogens is 254 g/mol. The molecule has 5 heteroatoms. The molecule has 0 aliphatic carbocycles. The van der Waals surface area contributed by atoms with Gasteiger partial charge in [-0.2, -0.15) is 4.98 Å². The van der Waals surface area contributed by atoms with Crippen LogP contribution in [0.15, 0.2) is 23.0 Å². The minimum Gasteiger partial charge on any atom is -0.314 e. The lowest BCUT2D eigenvalue weighted by Crippen LogP contribution is -2.30. The maximum Gasteiger partial charge on any atom is 0.282 e. The van der Waals surface area contributed by atoms with Gasteiger partial charge < -0.3 is 4.57 Å². The van der Waals surface area contributed by atoms with Gasteiger partial charge >= 0.3 is 0 Å². The van der Waals surface area contributed by atoms with Crippen LogP contribution in [0.5, 0.6) is 0 Å². The monoisotopic (exact) mass is 273 g/mol. The smallest absolute Gasteiger partial charge is 0.282 e. The number of carbonyl (C=O) groups excluding carboxylic acids is 1. The number of nitrogens with zero attached hydrogens (tertiary/aromatic N) is 2. The van der Waals surface area contributed by atoms with Crippen molar-refractivity contribution in [1.29, 1.82) is 0 Å². The molecule has 5 nitrogen and oxygen atoms in total.